The molecule has 0 unspecified atom stereocenters. The molecule has 0 spiro atoms. The largest absolute Gasteiger partial charge is 0.385 e. The van der Waals surface area contributed by atoms with Crippen molar-refractivity contribution in [3.63, 3.8) is 0 Å². The van der Waals surface area contributed by atoms with Gasteiger partial charge < -0.3 is 21.5 Å². The first-order valence-corrected chi connectivity index (χ1v) is 4.85. The molecule has 1 heterocycles. The molecular weight excluding hydrogens is 194 g/mol. The molecule has 15 heavy (non-hydrogen) atoms. The summed E-state index contributed by atoms with van der Waals surface area (Å²) in [5.41, 5.74) is 11.0. The number of hydrogen-bond acceptors (Lipinski definition) is 6. The van der Waals surface area contributed by atoms with E-state index in [2.05, 4.69) is 15.3 Å². The third-order valence-corrected chi connectivity index (χ3v) is 1.84. The number of nitrogen functional groups attached to an aromatic ring is 2. The summed E-state index contributed by atoms with van der Waals surface area (Å²) in [6.45, 7) is 1.59. The van der Waals surface area contributed by atoms with E-state index < -0.39 is 0 Å². The molecule has 0 saturated heterocycles. The molecule has 0 aromatic carbocycles. The van der Waals surface area contributed by atoms with Crippen molar-refractivity contribution >= 4 is 17.6 Å². The van der Waals surface area contributed by atoms with Crippen molar-refractivity contribution in [3.05, 3.63) is 6.07 Å². The number of methoxy groups -OCH3 is 1. The van der Waals surface area contributed by atoms with Crippen molar-refractivity contribution < 1.29 is 4.74 Å². The Balaban J connectivity index is 2.31. The zero-order valence-electron chi connectivity index (χ0n) is 8.86. The molecule has 0 saturated carbocycles. The van der Waals surface area contributed by atoms with Crippen molar-refractivity contribution in [2.75, 3.05) is 37.0 Å². The third kappa shape index (κ3) is 4.46. The van der Waals surface area contributed by atoms with Crippen molar-refractivity contribution in [1.82, 2.24) is 9.97 Å². The van der Waals surface area contributed by atoms with Crippen LogP contribution in [-0.2, 0) is 4.74 Å². The number of unbranched alkanes of at least 4 members (excludes halogenated alkanes) is 1. The van der Waals surface area contributed by atoms with Gasteiger partial charge in [-0.05, 0) is 12.8 Å². The molecule has 1 aromatic heterocycles. The summed E-state index contributed by atoms with van der Waals surface area (Å²) in [6.07, 6.45) is 2.03. The average Bonchev–Trinajstić information content (AvgIpc) is 2.16. The highest BCUT2D eigenvalue weighted by molar-refractivity contribution is 5.48. The molecule has 0 atom stereocenters. The van der Waals surface area contributed by atoms with Crippen LogP contribution in [0.15, 0.2) is 6.07 Å². The van der Waals surface area contributed by atoms with Gasteiger partial charge in [0.05, 0.1) is 0 Å². The van der Waals surface area contributed by atoms with Gasteiger partial charge in [-0.3, -0.25) is 0 Å². The molecule has 0 aliphatic heterocycles. The fourth-order valence-corrected chi connectivity index (χ4v) is 1.16. The second kappa shape index (κ2) is 6.02. The highest BCUT2D eigenvalue weighted by Crippen LogP contribution is 2.09. The highest BCUT2D eigenvalue weighted by Gasteiger charge is 1.98. The Bertz CT molecular complexity index is 284. The van der Waals surface area contributed by atoms with Crippen LogP contribution in [0.25, 0.3) is 0 Å². The molecule has 0 bridgehead atoms. The molecule has 0 fully saturated rings. The number of ether oxygens (including phenoxy) is 1. The van der Waals surface area contributed by atoms with Crippen LogP contribution < -0.4 is 16.8 Å². The van der Waals surface area contributed by atoms with E-state index in [1.54, 1.807) is 13.2 Å². The summed E-state index contributed by atoms with van der Waals surface area (Å²) in [7, 11) is 1.69. The van der Waals surface area contributed by atoms with Crippen molar-refractivity contribution in [1.29, 1.82) is 0 Å². The van der Waals surface area contributed by atoms with E-state index in [1.165, 1.54) is 0 Å². The predicted molar refractivity (Wildman–Crippen MR) is 60.5 cm³/mol. The minimum atomic E-state index is 0.189. The fraction of sp³-hybridized carbons (Fsp3) is 0.556. The van der Waals surface area contributed by atoms with Gasteiger partial charge in [0, 0.05) is 26.3 Å². The Kier molecular flexibility index (Phi) is 4.62. The molecule has 6 nitrogen and oxygen atoms in total. The standard InChI is InChI=1S/C9H17N5O/c1-15-5-3-2-4-12-8-6-7(10)13-9(11)14-8/h6H,2-5H2,1H3,(H5,10,11,12,13,14). The molecule has 6 heteroatoms. The maximum absolute atomic E-state index is 5.52. The SMILES string of the molecule is COCCCCNc1cc(N)nc(N)n1. The number of hydrogen-bond donors (Lipinski definition) is 3. The Labute approximate surface area is 89.0 Å². The normalized spacial score (nSPS) is 10.2. The topological polar surface area (TPSA) is 99.1 Å². The lowest BCUT2D eigenvalue weighted by molar-refractivity contribution is 0.194. The van der Waals surface area contributed by atoms with E-state index in [9.17, 15) is 0 Å². The minimum absolute atomic E-state index is 0.189. The number of aromatic nitrogens is 2. The Hall–Kier alpha value is -1.56. The van der Waals surface area contributed by atoms with Gasteiger partial charge in [-0.25, -0.2) is 0 Å². The van der Waals surface area contributed by atoms with Gasteiger partial charge in [-0.2, -0.15) is 9.97 Å². The fourth-order valence-electron chi connectivity index (χ4n) is 1.16. The number of rotatable bonds is 6. The minimum Gasteiger partial charge on any atom is -0.385 e. The smallest absolute Gasteiger partial charge is 0.223 e. The van der Waals surface area contributed by atoms with Gasteiger partial charge in [0.25, 0.3) is 0 Å². The second-order valence-corrected chi connectivity index (χ2v) is 3.16. The second-order valence-electron chi connectivity index (χ2n) is 3.16. The van der Waals surface area contributed by atoms with E-state index in [4.69, 9.17) is 16.2 Å². The molecule has 84 valence electrons. The monoisotopic (exact) mass is 211 g/mol. The lowest BCUT2D eigenvalue weighted by Gasteiger charge is -2.06. The van der Waals surface area contributed by atoms with Crippen LogP contribution in [0.4, 0.5) is 17.6 Å². The quantitative estimate of drug-likeness (QED) is 0.592. The predicted octanol–water partition coefficient (Wildman–Crippen LogP) is 0.480. The van der Waals surface area contributed by atoms with E-state index in [0.29, 0.717) is 11.6 Å². The van der Waals surface area contributed by atoms with Gasteiger partial charge in [-0.15, -0.1) is 0 Å². The van der Waals surface area contributed by atoms with Gasteiger partial charge in [0.1, 0.15) is 11.6 Å². The number of anilines is 3. The summed E-state index contributed by atoms with van der Waals surface area (Å²) in [5.74, 6) is 1.23. The van der Waals surface area contributed by atoms with Crippen LogP contribution in [-0.4, -0.2) is 30.2 Å². The maximum atomic E-state index is 5.52. The highest BCUT2D eigenvalue weighted by atomic mass is 16.5. The lowest BCUT2D eigenvalue weighted by atomic mass is 10.3. The molecule has 0 aliphatic carbocycles. The van der Waals surface area contributed by atoms with Crippen molar-refractivity contribution in [2.45, 2.75) is 12.8 Å². The van der Waals surface area contributed by atoms with E-state index in [0.717, 1.165) is 26.0 Å². The zero-order valence-corrected chi connectivity index (χ0v) is 8.86. The van der Waals surface area contributed by atoms with Crippen LogP contribution in [0.2, 0.25) is 0 Å². The van der Waals surface area contributed by atoms with Crippen molar-refractivity contribution in [2.24, 2.45) is 0 Å². The van der Waals surface area contributed by atoms with E-state index >= 15 is 0 Å². The summed E-state index contributed by atoms with van der Waals surface area (Å²) >= 11 is 0. The van der Waals surface area contributed by atoms with Crippen LogP contribution in [0.3, 0.4) is 0 Å². The summed E-state index contributed by atoms with van der Waals surface area (Å²) in [6, 6.07) is 1.66. The van der Waals surface area contributed by atoms with Gasteiger partial charge in [0.15, 0.2) is 0 Å². The Morgan fingerprint density at radius 3 is 2.80 bits per heavy atom. The molecular formula is C9H17N5O. The molecule has 5 N–H and O–H groups in total. The molecule has 1 aromatic rings. The summed E-state index contributed by atoms with van der Waals surface area (Å²) < 4.78 is 4.94. The zero-order chi connectivity index (χ0) is 11.1. The molecule has 1 rings (SSSR count). The van der Waals surface area contributed by atoms with Crippen LogP contribution in [0, 0.1) is 0 Å². The van der Waals surface area contributed by atoms with Crippen LogP contribution >= 0.6 is 0 Å². The first-order chi connectivity index (χ1) is 7.22. The molecule has 0 amide bonds. The van der Waals surface area contributed by atoms with Gasteiger partial charge in [0.2, 0.25) is 5.95 Å². The third-order valence-electron chi connectivity index (χ3n) is 1.84. The van der Waals surface area contributed by atoms with Gasteiger partial charge >= 0.3 is 0 Å². The number of nitrogens with one attached hydrogen (secondary N) is 1. The van der Waals surface area contributed by atoms with Crippen molar-refractivity contribution in [3.8, 4) is 0 Å². The summed E-state index contributed by atoms with van der Waals surface area (Å²) in [5, 5.41) is 3.12. The van der Waals surface area contributed by atoms with Crippen LogP contribution in [0.1, 0.15) is 12.8 Å². The molecule has 0 radical (unpaired) electrons. The number of nitrogens with zero attached hydrogens (tertiary/aromatic N) is 2. The van der Waals surface area contributed by atoms with Crippen LogP contribution in [0.5, 0.6) is 0 Å². The summed E-state index contributed by atoms with van der Waals surface area (Å²) in [4.78, 5) is 7.77. The maximum Gasteiger partial charge on any atom is 0.223 e. The molecule has 0 aliphatic rings. The average molecular weight is 211 g/mol. The van der Waals surface area contributed by atoms with E-state index in [-0.39, 0.29) is 5.95 Å². The lowest BCUT2D eigenvalue weighted by Crippen LogP contribution is -2.07. The Morgan fingerprint density at radius 2 is 2.13 bits per heavy atom. The Morgan fingerprint density at radius 1 is 1.33 bits per heavy atom. The van der Waals surface area contributed by atoms with E-state index in [1.807, 2.05) is 0 Å². The number of nitrogens with two attached hydrogens (primary N) is 2. The first kappa shape index (κ1) is 11.5. The van der Waals surface area contributed by atoms with Gasteiger partial charge in [-0.1, -0.05) is 0 Å². The first-order valence-electron chi connectivity index (χ1n) is 4.85.